The van der Waals surface area contributed by atoms with Crippen molar-refractivity contribution in [1.82, 2.24) is 5.32 Å². The molecule has 0 radical (unpaired) electrons. The highest BCUT2D eigenvalue weighted by atomic mass is 32.2. The van der Waals surface area contributed by atoms with Crippen molar-refractivity contribution in [3.05, 3.63) is 57.2 Å². The summed E-state index contributed by atoms with van der Waals surface area (Å²) in [4.78, 5) is 23.5. The zero-order chi connectivity index (χ0) is 22.7. The summed E-state index contributed by atoms with van der Waals surface area (Å²) in [7, 11) is 0. The van der Waals surface area contributed by atoms with Gasteiger partial charge < -0.3 is 5.11 Å². The second-order valence-electron chi connectivity index (χ2n) is 9.73. The van der Waals surface area contributed by atoms with Crippen LogP contribution in [0, 0.1) is 12.7 Å². The molecule has 2 amide bonds. The molecule has 2 N–H and O–H groups in total. The molecule has 0 saturated carbocycles. The summed E-state index contributed by atoms with van der Waals surface area (Å²) in [5.74, 6) is -1.69. The Balaban J connectivity index is 1.89. The molecule has 162 valence electrons. The number of amides is 2. The van der Waals surface area contributed by atoms with Crippen molar-refractivity contribution in [2.75, 3.05) is 0 Å². The van der Waals surface area contributed by atoms with Crippen molar-refractivity contribution in [2.24, 2.45) is 0 Å². The monoisotopic (exact) mass is 439 g/mol. The average Bonchev–Trinajstić information content (AvgIpc) is 2.99. The number of phenols is 1. The molecule has 2 aromatic carbocycles. The maximum absolute atomic E-state index is 14.7. The van der Waals surface area contributed by atoms with Crippen LogP contribution in [0.25, 0.3) is 17.2 Å². The fraction of sp³-hybridized carbons (Fsp3) is 0.360. The van der Waals surface area contributed by atoms with Gasteiger partial charge in [-0.25, -0.2) is 4.39 Å². The molecular formula is C25H26FNO3S. The molecular weight excluding hydrogens is 413 g/mol. The lowest BCUT2D eigenvalue weighted by molar-refractivity contribution is -0.115. The Hall–Kier alpha value is -2.60. The fourth-order valence-electron chi connectivity index (χ4n) is 4.49. The van der Waals surface area contributed by atoms with Crippen molar-refractivity contribution in [3.8, 4) is 16.9 Å². The van der Waals surface area contributed by atoms with Crippen LogP contribution >= 0.6 is 11.8 Å². The molecule has 1 aliphatic carbocycles. The Labute approximate surface area is 185 Å². The summed E-state index contributed by atoms with van der Waals surface area (Å²) in [6.07, 6.45) is 3.60. The van der Waals surface area contributed by atoms with Gasteiger partial charge in [-0.2, -0.15) is 0 Å². The largest absolute Gasteiger partial charge is 0.504 e. The highest BCUT2D eigenvalue weighted by molar-refractivity contribution is 8.18. The topological polar surface area (TPSA) is 66.4 Å². The highest BCUT2D eigenvalue weighted by Gasteiger charge is 2.37. The van der Waals surface area contributed by atoms with Crippen LogP contribution in [-0.4, -0.2) is 16.3 Å². The Morgan fingerprint density at radius 2 is 1.61 bits per heavy atom. The lowest BCUT2D eigenvalue weighted by Gasteiger charge is -2.42. The van der Waals surface area contributed by atoms with Gasteiger partial charge in [0.05, 0.1) is 4.91 Å². The van der Waals surface area contributed by atoms with Crippen molar-refractivity contribution >= 4 is 29.0 Å². The van der Waals surface area contributed by atoms with Gasteiger partial charge in [0.1, 0.15) is 0 Å². The van der Waals surface area contributed by atoms with Crippen LogP contribution in [0.15, 0.2) is 29.2 Å². The molecule has 0 atom stereocenters. The lowest BCUT2D eigenvalue weighted by Crippen LogP contribution is -2.34. The van der Waals surface area contributed by atoms with Crippen molar-refractivity contribution in [1.29, 1.82) is 0 Å². The molecule has 4 rings (SSSR count). The van der Waals surface area contributed by atoms with E-state index in [0.717, 1.165) is 35.7 Å². The van der Waals surface area contributed by atoms with Crippen LogP contribution < -0.4 is 5.32 Å². The normalized spacial score (nSPS) is 20.6. The van der Waals surface area contributed by atoms with Gasteiger partial charge in [0.15, 0.2) is 11.6 Å². The number of carbonyl (C=O) groups excluding carboxylic acids is 2. The zero-order valence-electron chi connectivity index (χ0n) is 18.4. The van der Waals surface area contributed by atoms with E-state index < -0.39 is 22.7 Å². The maximum Gasteiger partial charge on any atom is 0.290 e. The third-order valence-electron chi connectivity index (χ3n) is 6.51. The van der Waals surface area contributed by atoms with Crippen LogP contribution in [0.5, 0.6) is 5.75 Å². The summed E-state index contributed by atoms with van der Waals surface area (Å²) >= 11 is 0.778. The molecule has 1 aliphatic heterocycles. The first-order valence-electron chi connectivity index (χ1n) is 10.3. The zero-order valence-corrected chi connectivity index (χ0v) is 19.2. The van der Waals surface area contributed by atoms with Gasteiger partial charge in [-0.15, -0.1) is 0 Å². The third-order valence-corrected chi connectivity index (χ3v) is 7.32. The van der Waals surface area contributed by atoms with E-state index in [4.69, 9.17) is 0 Å². The molecule has 0 spiro atoms. The van der Waals surface area contributed by atoms with E-state index in [9.17, 15) is 19.1 Å². The minimum Gasteiger partial charge on any atom is -0.504 e. The third kappa shape index (κ3) is 3.78. The molecule has 0 unspecified atom stereocenters. The standard InChI is InChI=1S/C25H26FNO3S/c1-13-8-17-18(25(4,5)7-6-24(17,2)3)12-15(13)16-9-14(10-19(26)21(16)28)11-20-22(29)27-23(30)31-20/h8-12,28H,6-7H2,1-5H3,(H,27,29,30)/b20-11-. The molecule has 0 aromatic heterocycles. The number of phenolic OH excluding ortho intramolecular Hbond substituents is 1. The molecule has 4 nitrogen and oxygen atoms in total. The summed E-state index contributed by atoms with van der Waals surface area (Å²) in [5, 5.41) is 12.3. The second-order valence-corrected chi connectivity index (χ2v) is 10.7. The number of hydrogen-bond acceptors (Lipinski definition) is 4. The molecule has 1 fully saturated rings. The number of rotatable bonds is 2. The molecule has 2 aliphatic rings. The first-order valence-corrected chi connectivity index (χ1v) is 11.1. The Morgan fingerprint density at radius 1 is 1.00 bits per heavy atom. The van der Waals surface area contributed by atoms with Gasteiger partial charge in [-0.05, 0) is 94.4 Å². The fourth-order valence-corrected chi connectivity index (χ4v) is 5.18. The summed E-state index contributed by atoms with van der Waals surface area (Å²) < 4.78 is 14.7. The Bertz CT molecular complexity index is 1160. The number of imide groups is 1. The minimum atomic E-state index is -0.768. The number of halogens is 1. The predicted octanol–water partition coefficient (Wildman–Crippen LogP) is 6.18. The van der Waals surface area contributed by atoms with E-state index in [2.05, 4.69) is 45.1 Å². The molecule has 2 aromatic rings. The molecule has 6 heteroatoms. The van der Waals surface area contributed by atoms with Crippen molar-refractivity contribution < 1.29 is 19.1 Å². The molecule has 0 bridgehead atoms. The van der Waals surface area contributed by atoms with Crippen LogP contribution in [-0.2, 0) is 15.6 Å². The van der Waals surface area contributed by atoms with Gasteiger partial charge >= 0.3 is 0 Å². The van der Waals surface area contributed by atoms with Gasteiger partial charge in [0.25, 0.3) is 11.1 Å². The average molecular weight is 440 g/mol. The maximum atomic E-state index is 14.7. The summed E-state index contributed by atoms with van der Waals surface area (Å²) in [6.45, 7) is 10.9. The van der Waals surface area contributed by atoms with E-state index >= 15 is 0 Å². The van der Waals surface area contributed by atoms with Gasteiger partial charge in [-0.1, -0.05) is 33.8 Å². The van der Waals surface area contributed by atoms with Crippen LogP contribution in [0.1, 0.15) is 62.8 Å². The minimum absolute atomic E-state index is 0.0278. The number of hydrogen-bond donors (Lipinski definition) is 2. The SMILES string of the molecule is Cc1cc2c(cc1-c1cc(/C=C3\SC(=O)NC3=O)cc(F)c1O)C(C)(C)CCC2(C)C. The number of benzene rings is 2. The predicted molar refractivity (Wildman–Crippen MR) is 123 cm³/mol. The van der Waals surface area contributed by atoms with E-state index in [1.165, 1.54) is 23.3 Å². The second kappa shape index (κ2) is 7.23. The van der Waals surface area contributed by atoms with Crippen LogP contribution in [0.3, 0.4) is 0 Å². The smallest absolute Gasteiger partial charge is 0.290 e. The number of aryl methyl sites for hydroxylation is 1. The summed E-state index contributed by atoms with van der Waals surface area (Å²) in [6, 6.07) is 7.07. The van der Waals surface area contributed by atoms with E-state index in [0.29, 0.717) is 11.1 Å². The Morgan fingerprint density at radius 3 is 2.19 bits per heavy atom. The number of nitrogens with one attached hydrogen (secondary N) is 1. The van der Waals surface area contributed by atoms with E-state index in [1.807, 2.05) is 6.92 Å². The van der Waals surface area contributed by atoms with Gasteiger partial charge in [0.2, 0.25) is 0 Å². The van der Waals surface area contributed by atoms with Crippen LogP contribution in [0.4, 0.5) is 9.18 Å². The van der Waals surface area contributed by atoms with Gasteiger partial charge in [0, 0.05) is 5.56 Å². The number of fused-ring (bicyclic) bond motifs is 1. The number of carbonyl (C=O) groups is 2. The highest BCUT2D eigenvalue weighted by Crippen LogP contribution is 2.48. The first-order chi connectivity index (χ1) is 14.4. The summed E-state index contributed by atoms with van der Waals surface area (Å²) in [5.41, 5.74) is 5.03. The van der Waals surface area contributed by atoms with Crippen LogP contribution in [0.2, 0.25) is 0 Å². The van der Waals surface area contributed by atoms with Crippen molar-refractivity contribution in [3.63, 3.8) is 0 Å². The number of aromatic hydroxyl groups is 1. The molecule has 1 heterocycles. The molecule has 31 heavy (non-hydrogen) atoms. The number of thioether (sulfide) groups is 1. The van der Waals surface area contributed by atoms with E-state index in [-0.39, 0.29) is 15.7 Å². The first kappa shape index (κ1) is 21.6. The Kier molecular flexibility index (Phi) is 5.04. The van der Waals surface area contributed by atoms with Gasteiger partial charge in [-0.3, -0.25) is 14.9 Å². The molecule has 1 saturated heterocycles. The van der Waals surface area contributed by atoms with E-state index in [1.54, 1.807) is 6.07 Å². The quantitative estimate of drug-likeness (QED) is 0.549. The lowest BCUT2D eigenvalue weighted by atomic mass is 9.62. The van der Waals surface area contributed by atoms with Crippen molar-refractivity contribution in [2.45, 2.75) is 58.3 Å².